The Morgan fingerprint density at radius 3 is 1.58 bits per heavy atom. The van der Waals surface area contributed by atoms with Crippen LogP contribution in [-0.4, -0.2) is 0 Å². The molecule has 0 amide bonds. The van der Waals surface area contributed by atoms with E-state index in [1.54, 1.807) is 22.3 Å². The molecule has 0 spiro atoms. The number of aryl methyl sites for hydroxylation is 4. The monoisotopic (exact) mass is 294 g/mol. The van der Waals surface area contributed by atoms with Crippen molar-refractivity contribution >= 4 is 0 Å². The molecule has 0 aromatic heterocycles. The van der Waals surface area contributed by atoms with Crippen LogP contribution in [0.5, 0.6) is 0 Å². The Morgan fingerprint density at radius 1 is 0.684 bits per heavy atom. The molecule has 0 unspecified atom stereocenters. The summed E-state index contributed by atoms with van der Waals surface area (Å²) in [4.78, 5) is 0. The molecule has 2 aromatic rings. The van der Waals surface area contributed by atoms with E-state index >= 15 is 0 Å². The molecule has 4 rings (SSSR count). The standard InChI is InChI=1S/2C9H11.Fe/c2*1-2-5-9-7-3-6-8(9)4-1;/h2*3,6-7H,1-2,4-5H2;/q2*-1;. The van der Waals surface area contributed by atoms with Gasteiger partial charge in [-0.25, -0.2) is 24.3 Å². The molecule has 2 aromatic carbocycles. The maximum atomic E-state index is 2.26. The topological polar surface area (TPSA) is 0 Å². The van der Waals surface area contributed by atoms with Crippen LogP contribution < -0.4 is 0 Å². The number of fused-ring (bicyclic) bond motifs is 2. The van der Waals surface area contributed by atoms with Crippen LogP contribution in [0.2, 0.25) is 0 Å². The van der Waals surface area contributed by atoms with E-state index in [2.05, 4.69) is 36.4 Å². The van der Waals surface area contributed by atoms with E-state index in [0.29, 0.717) is 0 Å². The van der Waals surface area contributed by atoms with E-state index in [1.165, 1.54) is 51.4 Å². The van der Waals surface area contributed by atoms with Gasteiger partial charge < -0.3 is 0 Å². The summed E-state index contributed by atoms with van der Waals surface area (Å²) in [6.07, 6.45) is 10.9. The van der Waals surface area contributed by atoms with Crippen molar-refractivity contribution in [1.29, 1.82) is 0 Å². The van der Waals surface area contributed by atoms with Gasteiger partial charge in [0.1, 0.15) is 0 Å². The third kappa shape index (κ3) is 3.61. The predicted octanol–water partition coefficient (Wildman–Crippen LogP) is 4.57. The first-order valence-corrected chi connectivity index (χ1v) is 7.40. The van der Waals surface area contributed by atoms with Crippen molar-refractivity contribution < 1.29 is 17.1 Å². The minimum atomic E-state index is 0. The van der Waals surface area contributed by atoms with Gasteiger partial charge in [0.2, 0.25) is 0 Å². The van der Waals surface area contributed by atoms with E-state index in [-0.39, 0.29) is 17.1 Å². The van der Waals surface area contributed by atoms with Crippen molar-refractivity contribution in [2.75, 3.05) is 0 Å². The fraction of sp³-hybridized carbons (Fsp3) is 0.444. The fourth-order valence-corrected chi connectivity index (χ4v) is 3.23. The largest absolute Gasteiger partial charge is 0.213 e. The van der Waals surface area contributed by atoms with Crippen molar-refractivity contribution in [3.63, 3.8) is 0 Å². The Labute approximate surface area is 127 Å². The Morgan fingerprint density at radius 2 is 1.16 bits per heavy atom. The van der Waals surface area contributed by atoms with Gasteiger partial charge in [0, 0.05) is 17.1 Å². The number of hydrogen-bond donors (Lipinski definition) is 0. The second-order valence-corrected chi connectivity index (χ2v) is 5.57. The summed E-state index contributed by atoms with van der Waals surface area (Å²) in [6.45, 7) is 0. The maximum absolute atomic E-state index is 2.26. The van der Waals surface area contributed by atoms with Crippen LogP contribution in [-0.2, 0) is 42.8 Å². The summed E-state index contributed by atoms with van der Waals surface area (Å²) < 4.78 is 0. The van der Waals surface area contributed by atoms with Gasteiger partial charge in [0.15, 0.2) is 0 Å². The molecular weight excluding hydrogens is 272 g/mol. The van der Waals surface area contributed by atoms with E-state index < -0.39 is 0 Å². The molecule has 0 N–H and O–H groups in total. The van der Waals surface area contributed by atoms with Gasteiger partial charge in [-0.3, -0.25) is 0 Å². The Hall–Kier alpha value is -0.781. The van der Waals surface area contributed by atoms with Crippen LogP contribution in [0.15, 0.2) is 36.4 Å². The molecule has 0 fully saturated rings. The molecule has 0 radical (unpaired) electrons. The average molecular weight is 294 g/mol. The van der Waals surface area contributed by atoms with Crippen molar-refractivity contribution in [3.8, 4) is 0 Å². The second-order valence-electron chi connectivity index (χ2n) is 5.57. The third-order valence-electron chi connectivity index (χ3n) is 4.30. The van der Waals surface area contributed by atoms with E-state index in [0.717, 1.165) is 0 Å². The summed E-state index contributed by atoms with van der Waals surface area (Å²) in [5, 5.41) is 0. The Bertz CT molecular complexity index is 402. The fourth-order valence-electron chi connectivity index (χ4n) is 3.23. The maximum Gasteiger partial charge on any atom is 0 e. The molecular formula is C18H22Fe-2. The first kappa shape index (κ1) is 14.6. The number of hydrogen-bond acceptors (Lipinski definition) is 0. The van der Waals surface area contributed by atoms with Gasteiger partial charge in [-0.2, -0.15) is 34.4 Å². The summed E-state index contributed by atoms with van der Waals surface area (Å²) in [7, 11) is 0. The summed E-state index contributed by atoms with van der Waals surface area (Å²) >= 11 is 0. The van der Waals surface area contributed by atoms with Gasteiger partial charge in [0.25, 0.3) is 0 Å². The predicted molar refractivity (Wildman–Crippen MR) is 77.4 cm³/mol. The van der Waals surface area contributed by atoms with Crippen LogP contribution in [0, 0.1) is 0 Å². The average Bonchev–Trinajstić information content (AvgIpc) is 3.08. The first-order chi connectivity index (χ1) is 8.93. The molecule has 0 atom stereocenters. The smallest absolute Gasteiger partial charge is 0 e. The summed E-state index contributed by atoms with van der Waals surface area (Å²) in [5.41, 5.74) is 6.39. The quantitative estimate of drug-likeness (QED) is 0.493. The van der Waals surface area contributed by atoms with Crippen molar-refractivity contribution in [3.05, 3.63) is 58.7 Å². The van der Waals surface area contributed by atoms with Crippen LogP contribution in [0.3, 0.4) is 0 Å². The van der Waals surface area contributed by atoms with Crippen molar-refractivity contribution in [2.45, 2.75) is 51.4 Å². The van der Waals surface area contributed by atoms with E-state index in [4.69, 9.17) is 0 Å². The SMILES string of the molecule is [Fe].c1cc2[c-](c1)CCCC2.c1cc2[c-](c1)CCCC2. The molecule has 0 aliphatic heterocycles. The molecule has 0 nitrogen and oxygen atoms in total. The zero-order valence-electron chi connectivity index (χ0n) is 11.5. The minimum Gasteiger partial charge on any atom is -0.213 e. The third-order valence-corrected chi connectivity index (χ3v) is 4.30. The first-order valence-electron chi connectivity index (χ1n) is 7.40. The molecule has 0 heterocycles. The Balaban J connectivity index is 0.000000133. The van der Waals surface area contributed by atoms with Crippen molar-refractivity contribution in [1.82, 2.24) is 0 Å². The molecule has 2 aliphatic carbocycles. The van der Waals surface area contributed by atoms with Gasteiger partial charge in [-0.1, -0.05) is 51.4 Å². The zero-order valence-corrected chi connectivity index (χ0v) is 12.6. The number of rotatable bonds is 0. The summed E-state index contributed by atoms with van der Waals surface area (Å²) in [6, 6.07) is 13.4. The molecule has 0 saturated carbocycles. The van der Waals surface area contributed by atoms with E-state index in [1.807, 2.05) is 0 Å². The van der Waals surface area contributed by atoms with Gasteiger partial charge in [-0.15, -0.1) is 0 Å². The van der Waals surface area contributed by atoms with Crippen molar-refractivity contribution in [2.24, 2.45) is 0 Å². The zero-order chi connectivity index (χ0) is 12.2. The molecule has 19 heavy (non-hydrogen) atoms. The molecule has 0 bridgehead atoms. The van der Waals surface area contributed by atoms with Gasteiger partial charge in [0.05, 0.1) is 0 Å². The normalized spacial score (nSPS) is 16.4. The molecule has 104 valence electrons. The minimum absolute atomic E-state index is 0. The van der Waals surface area contributed by atoms with Crippen LogP contribution in [0.4, 0.5) is 0 Å². The summed E-state index contributed by atoms with van der Waals surface area (Å²) in [5.74, 6) is 0. The van der Waals surface area contributed by atoms with Crippen LogP contribution >= 0.6 is 0 Å². The molecule has 1 heteroatoms. The molecule has 2 aliphatic rings. The van der Waals surface area contributed by atoms with Crippen LogP contribution in [0.1, 0.15) is 47.9 Å². The van der Waals surface area contributed by atoms with Crippen LogP contribution in [0.25, 0.3) is 0 Å². The van der Waals surface area contributed by atoms with Gasteiger partial charge in [-0.05, 0) is 0 Å². The van der Waals surface area contributed by atoms with E-state index in [9.17, 15) is 0 Å². The Kier molecular flexibility index (Phi) is 5.48. The van der Waals surface area contributed by atoms with Gasteiger partial charge >= 0.3 is 0 Å². The molecule has 0 saturated heterocycles. The second kappa shape index (κ2) is 7.12.